The molecule has 0 fully saturated rings. The monoisotopic (exact) mass is 307 g/mol. The van der Waals surface area contributed by atoms with Crippen LogP contribution in [-0.2, 0) is 10.3 Å². The van der Waals surface area contributed by atoms with Gasteiger partial charge in [0.15, 0.2) is 5.65 Å². The minimum Gasteiger partial charge on any atom is -0.480 e. The van der Waals surface area contributed by atoms with Gasteiger partial charge in [0.25, 0.3) is 5.56 Å². The lowest BCUT2D eigenvalue weighted by atomic mass is 10.1. The van der Waals surface area contributed by atoms with Crippen LogP contribution < -0.4 is 10.9 Å². The second kappa shape index (κ2) is 5.43. The predicted molar refractivity (Wildman–Crippen MR) is 83.0 cm³/mol. The van der Waals surface area contributed by atoms with Crippen molar-refractivity contribution < 1.29 is 9.90 Å². The smallest absolute Gasteiger partial charge is 0.326 e. The molecule has 2 aromatic heterocycles. The number of hydrogen-bond donors (Lipinski definition) is 3. The first-order valence-corrected chi connectivity index (χ1v) is 7.09. The van der Waals surface area contributed by atoms with Gasteiger partial charge >= 0.3 is 5.97 Å². The number of aromatic nitrogens is 4. The number of aromatic amines is 1. The molecule has 0 aliphatic rings. The van der Waals surface area contributed by atoms with Gasteiger partial charge in [0.2, 0.25) is 5.95 Å². The van der Waals surface area contributed by atoms with Crippen LogP contribution in [0.5, 0.6) is 0 Å². The van der Waals surface area contributed by atoms with Crippen molar-refractivity contribution in [1.82, 2.24) is 19.7 Å². The maximum absolute atomic E-state index is 12.1. The van der Waals surface area contributed by atoms with Gasteiger partial charge in [0.1, 0.15) is 11.4 Å². The fourth-order valence-corrected chi connectivity index (χ4v) is 2.14. The van der Waals surface area contributed by atoms with Gasteiger partial charge in [-0.3, -0.25) is 9.78 Å². The molecule has 1 atom stereocenters. The van der Waals surface area contributed by atoms with Crippen molar-refractivity contribution in [2.45, 2.75) is 46.2 Å². The summed E-state index contributed by atoms with van der Waals surface area (Å²) in [5.41, 5.74) is -0.271. The Morgan fingerprint density at radius 3 is 2.55 bits per heavy atom. The van der Waals surface area contributed by atoms with E-state index >= 15 is 0 Å². The summed E-state index contributed by atoms with van der Waals surface area (Å²) in [4.78, 5) is 30.3. The number of hydrogen-bond acceptors (Lipinski definition) is 5. The van der Waals surface area contributed by atoms with Crippen molar-refractivity contribution in [2.24, 2.45) is 5.92 Å². The van der Waals surface area contributed by atoms with Gasteiger partial charge in [-0.25, -0.2) is 9.48 Å². The van der Waals surface area contributed by atoms with E-state index in [-0.39, 0.29) is 23.0 Å². The number of anilines is 1. The van der Waals surface area contributed by atoms with Gasteiger partial charge in [0, 0.05) is 0 Å². The third kappa shape index (κ3) is 2.95. The second-order valence-electron chi connectivity index (χ2n) is 6.58. The quantitative estimate of drug-likeness (QED) is 0.787. The molecule has 0 spiro atoms. The van der Waals surface area contributed by atoms with E-state index in [1.165, 1.54) is 6.20 Å². The molecule has 0 saturated carbocycles. The molecule has 22 heavy (non-hydrogen) atoms. The predicted octanol–water partition coefficient (Wildman–Crippen LogP) is 1.40. The number of carboxylic acid groups (broad SMARTS) is 1. The number of nitrogens with one attached hydrogen (secondary N) is 2. The van der Waals surface area contributed by atoms with E-state index in [9.17, 15) is 14.7 Å². The Kier molecular flexibility index (Phi) is 3.95. The third-order valence-corrected chi connectivity index (χ3v) is 3.30. The lowest BCUT2D eigenvalue weighted by Gasteiger charge is -2.21. The summed E-state index contributed by atoms with van der Waals surface area (Å²) in [6.45, 7) is 9.40. The van der Waals surface area contributed by atoms with Gasteiger partial charge in [-0.1, -0.05) is 13.8 Å². The first kappa shape index (κ1) is 16.0. The summed E-state index contributed by atoms with van der Waals surface area (Å²) in [5.74, 6) is -1.03. The molecule has 0 bridgehead atoms. The highest BCUT2D eigenvalue weighted by molar-refractivity contribution is 5.78. The highest BCUT2D eigenvalue weighted by Crippen LogP contribution is 2.19. The van der Waals surface area contributed by atoms with Gasteiger partial charge in [0.05, 0.1) is 11.7 Å². The Balaban J connectivity index is 2.53. The van der Waals surface area contributed by atoms with Crippen molar-refractivity contribution in [3.63, 3.8) is 0 Å². The Morgan fingerprint density at radius 2 is 2.05 bits per heavy atom. The molecule has 0 amide bonds. The van der Waals surface area contributed by atoms with E-state index in [0.29, 0.717) is 11.0 Å². The standard InChI is InChI=1S/C14H21N5O3/c1-7(2)9(12(21)22)16-13-17-10-8(11(20)18-13)6-15-19(10)14(3,4)5/h6-7,9H,1-5H3,(H,21,22)(H2,16,17,18,20)/t9-/m1/s1. The van der Waals surface area contributed by atoms with Crippen LogP contribution in [0.1, 0.15) is 34.6 Å². The van der Waals surface area contributed by atoms with E-state index in [4.69, 9.17) is 0 Å². The average molecular weight is 307 g/mol. The third-order valence-electron chi connectivity index (χ3n) is 3.30. The molecule has 2 rings (SSSR count). The Hall–Kier alpha value is -2.38. The van der Waals surface area contributed by atoms with Crippen LogP contribution in [0.3, 0.4) is 0 Å². The van der Waals surface area contributed by atoms with Crippen molar-refractivity contribution in [3.8, 4) is 0 Å². The number of carbonyl (C=O) groups is 1. The molecule has 8 nitrogen and oxygen atoms in total. The van der Waals surface area contributed by atoms with Crippen molar-refractivity contribution >= 4 is 23.0 Å². The van der Waals surface area contributed by atoms with Crippen LogP contribution in [0.2, 0.25) is 0 Å². The number of rotatable bonds is 4. The van der Waals surface area contributed by atoms with E-state index in [0.717, 1.165) is 0 Å². The number of H-pyrrole nitrogens is 1. The highest BCUT2D eigenvalue weighted by Gasteiger charge is 2.24. The van der Waals surface area contributed by atoms with Gasteiger partial charge in [-0.2, -0.15) is 10.1 Å². The summed E-state index contributed by atoms with van der Waals surface area (Å²) in [6.07, 6.45) is 1.47. The first-order valence-electron chi connectivity index (χ1n) is 7.09. The summed E-state index contributed by atoms with van der Waals surface area (Å²) < 4.78 is 1.65. The summed E-state index contributed by atoms with van der Waals surface area (Å²) in [5, 5.41) is 16.6. The van der Waals surface area contributed by atoms with E-state index in [1.54, 1.807) is 18.5 Å². The number of aliphatic carboxylic acids is 1. The van der Waals surface area contributed by atoms with E-state index in [2.05, 4.69) is 20.4 Å². The Bertz CT molecular complexity index is 754. The van der Waals surface area contributed by atoms with Gasteiger partial charge in [-0.15, -0.1) is 0 Å². The molecule has 0 radical (unpaired) electrons. The molecule has 2 heterocycles. The van der Waals surface area contributed by atoms with Gasteiger partial charge < -0.3 is 10.4 Å². The molecule has 3 N–H and O–H groups in total. The Morgan fingerprint density at radius 1 is 1.41 bits per heavy atom. The van der Waals surface area contributed by atoms with Crippen molar-refractivity contribution in [1.29, 1.82) is 0 Å². The molecule has 0 aromatic carbocycles. The highest BCUT2D eigenvalue weighted by atomic mass is 16.4. The lowest BCUT2D eigenvalue weighted by molar-refractivity contribution is -0.138. The zero-order valence-corrected chi connectivity index (χ0v) is 13.3. The van der Waals surface area contributed by atoms with Crippen LogP contribution in [0.4, 0.5) is 5.95 Å². The SMILES string of the molecule is CC(C)[C@@H](Nc1nc2c(cnn2C(C)(C)C)c(=O)[nH]1)C(=O)O. The molecule has 0 aliphatic carbocycles. The summed E-state index contributed by atoms with van der Waals surface area (Å²) >= 11 is 0. The van der Waals surface area contributed by atoms with E-state index < -0.39 is 12.0 Å². The zero-order valence-electron chi connectivity index (χ0n) is 13.3. The molecule has 8 heteroatoms. The normalized spacial score (nSPS) is 13.5. The first-order chi connectivity index (χ1) is 10.1. The van der Waals surface area contributed by atoms with Gasteiger partial charge in [-0.05, 0) is 26.7 Å². The maximum atomic E-state index is 12.1. The van der Waals surface area contributed by atoms with Crippen LogP contribution in [0.15, 0.2) is 11.0 Å². The maximum Gasteiger partial charge on any atom is 0.326 e. The fraction of sp³-hybridized carbons (Fsp3) is 0.571. The molecule has 2 aromatic rings. The van der Waals surface area contributed by atoms with Crippen LogP contribution in [0.25, 0.3) is 11.0 Å². The van der Waals surface area contributed by atoms with Crippen molar-refractivity contribution in [2.75, 3.05) is 5.32 Å². The minimum atomic E-state index is -0.998. The molecule has 0 saturated heterocycles. The molecular formula is C14H21N5O3. The summed E-state index contributed by atoms with van der Waals surface area (Å²) in [6, 6.07) is -0.841. The minimum absolute atomic E-state index is 0.129. The number of nitrogens with zero attached hydrogens (tertiary/aromatic N) is 3. The van der Waals surface area contributed by atoms with Crippen LogP contribution in [-0.4, -0.2) is 36.9 Å². The molecule has 0 unspecified atom stereocenters. The average Bonchev–Trinajstić information content (AvgIpc) is 2.79. The number of carboxylic acids is 1. The van der Waals surface area contributed by atoms with Crippen molar-refractivity contribution in [3.05, 3.63) is 16.6 Å². The number of fused-ring (bicyclic) bond motifs is 1. The van der Waals surface area contributed by atoms with E-state index in [1.807, 2.05) is 20.8 Å². The summed E-state index contributed by atoms with van der Waals surface area (Å²) in [7, 11) is 0. The van der Waals surface area contributed by atoms with Crippen LogP contribution >= 0.6 is 0 Å². The Labute approximate surface area is 127 Å². The second-order valence-corrected chi connectivity index (χ2v) is 6.58. The zero-order chi connectivity index (χ0) is 16.7. The van der Waals surface area contributed by atoms with Crippen LogP contribution in [0, 0.1) is 5.92 Å². The molecule has 120 valence electrons. The fourth-order valence-electron chi connectivity index (χ4n) is 2.14. The lowest BCUT2D eigenvalue weighted by Crippen LogP contribution is -2.35. The largest absolute Gasteiger partial charge is 0.480 e. The molecular weight excluding hydrogens is 286 g/mol. The topological polar surface area (TPSA) is 113 Å². The molecule has 0 aliphatic heterocycles.